The Bertz CT molecular complexity index is 513. The van der Waals surface area contributed by atoms with Gasteiger partial charge in [-0.25, -0.2) is 0 Å². The van der Waals surface area contributed by atoms with Crippen molar-refractivity contribution in [2.45, 2.75) is 44.7 Å². The van der Waals surface area contributed by atoms with Crippen LogP contribution in [0.5, 0.6) is 0 Å². The normalized spacial score (nSPS) is 26.6. The van der Waals surface area contributed by atoms with Gasteiger partial charge in [0.15, 0.2) is 0 Å². The third-order valence-electron chi connectivity index (χ3n) is 5.18. The Hall–Kier alpha value is -1.61. The highest BCUT2D eigenvalue weighted by Crippen LogP contribution is 2.43. The lowest BCUT2D eigenvalue weighted by atomic mass is 9.82. The van der Waals surface area contributed by atoms with Gasteiger partial charge in [-0.3, -0.25) is 9.69 Å². The smallest absolute Gasteiger partial charge is 0.326 e. The van der Waals surface area contributed by atoms with Crippen molar-refractivity contribution < 1.29 is 9.53 Å². The molecule has 1 unspecified atom stereocenters. The number of methoxy groups -OCH3 is 1. The Morgan fingerprint density at radius 1 is 1.50 bits per heavy atom. The predicted octanol–water partition coefficient (Wildman–Crippen LogP) is 3.97. The summed E-state index contributed by atoms with van der Waals surface area (Å²) < 4.78 is 5.16. The Morgan fingerprint density at radius 3 is 2.77 bits per heavy atom. The van der Waals surface area contributed by atoms with Crippen LogP contribution in [0.1, 0.15) is 44.7 Å². The third kappa shape index (κ3) is 2.95. The van der Waals surface area contributed by atoms with Crippen LogP contribution in [0.15, 0.2) is 43.0 Å². The van der Waals surface area contributed by atoms with Crippen molar-refractivity contribution in [1.29, 1.82) is 0 Å². The topological polar surface area (TPSA) is 29.5 Å². The van der Waals surface area contributed by atoms with Crippen LogP contribution in [-0.4, -0.2) is 30.1 Å². The summed E-state index contributed by atoms with van der Waals surface area (Å²) in [4.78, 5) is 14.9. The monoisotopic (exact) mass is 301 g/mol. The second kappa shape index (κ2) is 7.10. The lowest BCUT2D eigenvalue weighted by Gasteiger charge is -2.40. The van der Waals surface area contributed by atoms with Crippen molar-refractivity contribution in [3.63, 3.8) is 0 Å². The predicted molar refractivity (Wildman–Crippen MR) is 89.5 cm³/mol. The molecule has 1 aliphatic rings. The number of hydrogen-bond acceptors (Lipinski definition) is 3. The highest BCUT2D eigenvalue weighted by molar-refractivity contribution is 5.81. The fourth-order valence-corrected chi connectivity index (χ4v) is 3.79. The van der Waals surface area contributed by atoms with Crippen LogP contribution in [0.2, 0.25) is 0 Å². The average molecular weight is 301 g/mol. The van der Waals surface area contributed by atoms with Crippen molar-refractivity contribution in [1.82, 2.24) is 4.90 Å². The fourth-order valence-electron chi connectivity index (χ4n) is 3.79. The molecule has 1 saturated heterocycles. The molecule has 0 aliphatic carbocycles. The minimum atomic E-state index is -0.562. The number of rotatable bonds is 6. The zero-order chi connectivity index (χ0) is 16.2. The molecular weight excluding hydrogens is 274 g/mol. The molecule has 3 nitrogen and oxygen atoms in total. The molecule has 0 spiro atoms. The summed E-state index contributed by atoms with van der Waals surface area (Å²) in [5.74, 6) is 0.186. The molecule has 1 aliphatic heterocycles. The number of likely N-dealkylation sites (tertiary alicyclic amines) is 1. The first-order valence-corrected chi connectivity index (χ1v) is 8.06. The van der Waals surface area contributed by atoms with Gasteiger partial charge in [0.1, 0.15) is 5.54 Å². The first-order chi connectivity index (χ1) is 10.6. The van der Waals surface area contributed by atoms with Gasteiger partial charge in [0, 0.05) is 12.6 Å². The SMILES string of the molecule is C=CCCC1CCN([C@@H](C)c2ccccc2)[C@@]1(C)C(=O)OC. The molecule has 1 fully saturated rings. The maximum atomic E-state index is 12.6. The lowest BCUT2D eigenvalue weighted by molar-refractivity contribution is -0.156. The van der Waals surface area contributed by atoms with E-state index in [1.807, 2.05) is 31.2 Å². The maximum Gasteiger partial charge on any atom is 0.326 e. The van der Waals surface area contributed by atoms with E-state index >= 15 is 0 Å². The zero-order valence-electron chi connectivity index (χ0n) is 13.9. The van der Waals surface area contributed by atoms with Crippen molar-refractivity contribution in [2.75, 3.05) is 13.7 Å². The molecule has 120 valence electrons. The molecule has 2 rings (SSSR count). The summed E-state index contributed by atoms with van der Waals surface area (Å²) in [6.45, 7) is 8.94. The Labute approximate surface area is 134 Å². The van der Waals surface area contributed by atoms with Crippen molar-refractivity contribution >= 4 is 5.97 Å². The molecule has 0 radical (unpaired) electrons. The maximum absolute atomic E-state index is 12.6. The summed E-state index contributed by atoms with van der Waals surface area (Å²) >= 11 is 0. The van der Waals surface area contributed by atoms with E-state index in [0.29, 0.717) is 5.92 Å². The molecule has 22 heavy (non-hydrogen) atoms. The molecular formula is C19H27NO2. The van der Waals surface area contributed by atoms with Crippen LogP contribution in [0.25, 0.3) is 0 Å². The van der Waals surface area contributed by atoms with E-state index in [4.69, 9.17) is 4.74 Å². The largest absolute Gasteiger partial charge is 0.468 e. The highest BCUT2D eigenvalue weighted by atomic mass is 16.5. The van der Waals surface area contributed by atoms with Gasteiger partial charge in [-0.2, -0.15) is 0 Å². The number of carbonyl (C=O) groups excluding carboxylic acids is 1. The lowest BCUT2D eigenvalue weighted by Crippen LogP contribution is -2.53. The van der Waals surface area contributed by atoms with Crippen LogP contribution in [-0.2, 0) is 9.53 Å². The quantitative estimate of drug-likeness (QED) is 0.588. The second-order valence-corrected chi connectivity index (χ2v) is 6.27. The summed E-state index contributed by atoms with van der Waals surface area (Å²) in [5.41, 5.74) is 0.675. The summed E-state index contributed by atoms with van der Waals surface area (Å²) in [6, 6.07) is 10.6. The number of carbonyl (C=O) groups is 1. The van der Waals surface area contributed by atoms with Crippen molar-refractivity contribution in [3.05, 3.63) is 48.6 Å². The minimum Gasteiger partial charge on any atom is -0.468 e. The summed E-state index contributed by atoms with van der Waals surface area (Å²) in [7, 11) is 1.49. The van der Waals surface area contributed by atoms with Crippen molar-refractivity contribution in [3.8, 4) is 0 Å². The van der Waals surface area contributed by atoms with E-state index in [9.17, 15) is 4.79 Å². The van der Waals surface area contributed by atoms with Crippen LogP contribution >= 0.6 is 0 Å². The summed E-state index contributed by atoms with van der Waals surface area (Å²) in [6.07, 6.45) is 4.87. The zero-order valence-corrected chi connectivity index (χ0v) is 13.9. The van der Waals surface area contributed by atoms with Gasteiger partial charge in [-0.05, 0) is 44.6 Å². The third-order valence-corrected chi connectivity index (χ3v) is 5.18. The Morgan fingerprint density at radius 2 is 2.18 bits per heavy atom. The van der Waals surface area contributed by atoms with E-state index < -0.39 is 5.54 Å². The van der Waals surface area contributed by atoms with E-state index in [2.05, 4.69) is 30.5 Å². The molecule has 0 N–H and O–H groups in total. The van der Waals surface area contributed by atoms with Gasteiger partial charge in [-0.1, -0.05) is 36.4 Å². The second-order valence-electron chi connectivity index (χ2n) is 6.27. The number of esters is 1. The van der Waals surface area contributed by atoms with Crippen LogP contribution in [0.3, 0.4) is 0 Å². The van der Waals surface area contributed by atoms with Gasteiger partial charge in [0.2, 0.25) is 0 Å². The Kier molecular flexibility index (Phi) is 5.41. The first-order valence-electron chi connectivity index (χ1n) is 8.06. The number of hydrogen-bond donors (Lipinski definition) is 0. The molecule has 0 bridgehead atoms. The number of benzene rings is 1. The number of allylic oxidation sites excluding steroid dienone is 1. The summed E-state index contributed by atoms with van der Waals surface area (Å²) in [5, 5.41) is 0. The van der Waals surface area contributed by atoms with Crippen molar-refractivity contribution in [2.24, 2.45) is 5.92 Å². The molecule has 0 aromatic heterocycles. The molecule has 3 heteroatoms. The van der Waals surface area contributed by atoms with E-state index in [0.717, 1.165) is 25.8 Å². The van der Waals surface area contributed by atoms with Gasteiger partial charge >= 0.3 is 5.97 Å². The highest BCUT2D eigenvalue weighted by Gasteiger charge is 2.52. The molecule has 3 atom stereocenters. The molecule has 1 heterocycles. The standard InChI is InChI=1S/C19H27NO2/c1-5-6-12-17-13-14-20(19(17,3)18(21)22-4)15(2)16-10-8-7-9-11-16/h5,7-11,15,17H,1,6,12-14H2,2-4H3/t15-,17?,19+/m0/s1. The minimum absolute atomic E-state index is 0.123. The molecule has 0 saturated carbocycles. The van der Waals surface area contributed by atoms with E-state index in [1.165, 1.54) is 12.7 Å². The van der Waals surface area contributed by atoms with Gasteiger partial charge in [0.25, 0.3) is 0 Å². The molecule has 1 aromatic carbocycles. The fraction of sp³-hybridized carbons (Fsp3) is 0.526. The van der Waals surface area contributed by atoms with Crippen LogP contribution < -0.4 is 0 Å². The van der Waals surface area contributed by atoms with Gasteiger partial charge in [0.05, 0.1) is 7.11 Å². The van der Waals surface area contributed by atoms with E-state index in [1.54, 1.807) is 0 Å². The van der Waals surface area contributed by atoms with Gasteiger partial charge in [-0.15, -0.1) is 6.58 Å². The van der Waals surface area contributed by atoms with Crippen LogP contribution in [0.4, 0.5) is 0 Å². The van der Waals surface area contributed by atoms with Crippen LogP contribution in [0, 0.1) is 5.92 Å². The number of nitrogens with zero attached hydrogens (tertiary/aromatic N) is 1. The van der Waals surface area contributed by atoms with Gasteiger partial charge < -0.3 is 4.74 Å². The molecule has 0 amide bonds. The van der Waals surface area contributed by atoms with E-state index in [-0.39, 0.29) is 12.0 Å². The molecule has 1 aromatic rings. The number of ether oxygens (including phenoxy) is 1. The Balaban J connectivity index is 2.29. The first kappa shape index (κ1) is 16.8. The average Bonchev–Trinajstić information content (AvgIpc) is 2.90.